The molecule has 0 bridgehead atoms. The molecule has 1 aromatic heterocycles. The molecule has 3 rings (SSSR count). The summed E-state index contributed by atoms with van der Waals surface area (Å²) in [5.41, 5.74) is 1.46. The third kappa shape index (κ3) is 3.92. The summed E-state index contributed by atoms with van der Waals surface area (Å²) >= 11 is 6.11. The Bertz CT molecular complexity index is 1020. The average molecular weight is 375 g/mol. The second-order valence-corrected chi connectivity index (χ2v) is 5.81. The zero-order chi connectivity index (χ0) is 18.7. The van der Waals surface area contributed by atoms with Gasteiger partial charge in [-0.05, 0) is 41.5 Å². The molecule has 0 fully saturated rings. The summed E-state index contributed by atoms with van der Waals surface area (Å²) in [6.45, 7) is 0. The van der Waals surface area contributed by atoms with Gasteiger partial charge in [0, 0.05) is 10.6 Å². The minimum Gasteiger partial charge on any atom is -0.247 e. The van der Waals surface area contributed by atoms with Crippen LogP contribution in [-0.4, -0.2) is 15.4 Å². The van der Waals surface area contributed by atoms with Crippen molar-refractivity contribution in [3.8, 4) is 17.3 Å². The predicted octanol–water partition coefficient (Wildman–Crippen LogP) is 5.19. The second-order valence-electron chi connectivity index (χ2n) is 5.38. The number of alkyl halides is 3. The number of halogens is 4. The van der Waals surface area contributed by atoms with Crippen molar-refractivity contribution in [3.05, 3.63) is 69.9 Å². The lowest BCUT2D eigenvalue weighted by atomic mass is 10.0. The molecule has 3 aromatic rings. The van der Waals surface area contributed by atoms with Gasteiger partial charge in [0.2, 0.25) is 0 Å². The molecule has 1 N–H and O–H groups in total. The van der Waals surface area contributed by atoms with Crippen LogP contribution in [0.4, 0.5) is 13.2 Å². The summed E-state index contributed by atoms with van der Waals surface area (Å²) in [4.78, 5) is 0. The van der Waals surface area contributed by atoms with Gasteiger partial charge in [0.1, 0.15) is 11.8 Å². The summed E-state index contributed by atoms with van der Waals surface area (Å²) in [7, 11) is 0. The smallest absolute Gasteiger partial charge is 0.247 e. The quantitative estimate of drug-likeness (QED) is 0.642. The van der Waals surface area contributed by atoms with Crippen molar-refractivity contribution in [3.63, 3.8) is 0 Å². The van der Waals surface area contributed by atoms with Gasteiger partial charge in [-0.25, -0.2) is 5.10 Å². The molecule has 8 heteroatoms. The van der Waals surface area contributed by atoms with E-state index in [1.54, 1.807) is 36.4 Å². The Kier molecular flexibility index (Phi) is 4.78. The third-order valence-electron chi connectivity index (χ3n) is 3.54. The molecule has 26 heavy (non-hydrogen) atoms. The van der Waals surface area contributed by atoms with Crippen LogP contribution in [0.1, 0.15) is 22.4 Å². The molecule has 0 saturated carbocycles. The normalized spacial score (nSPS) is 11.7. The van der Waals surface area contributed by atoms with Gasteiger partial charge in [0.15, 0.2) is 5.69 Å². The maximum absolute atomic E-state index is 12.8. The molecule has 130 valence electrons. The lowest BCUT2D eigenvalue weighted by Crippen LogP contribution is -2.04. The monoisotopic (exact) mass is 374 g/mol. The van der Waals surface area contributed by atoms with Gasteiger partial charge in [0.25, 0.3) is 0 Å². The van der Waals surface area contributed by atoms with Crippen LogP contribution in [0, 0.1) is 11.3 Å². The molecule has 0 spiro atoms. The van der Waals surface area contributed by atoms with E-state index in [1.165, 1.54) is 6.07 Å². The summed E-state index contributed by atoms with van der Waals surface area (Å²) in [5.74, 6) is 0. The predicted molar refractivity (Wildman–Crippen MR) is 91.9 cm³/mol. The Balaban J connectivity index is 1.94. The number of nitriles is 1. The van der Waals surface area contributed by atoms with Gasteiger partial charge < -0.3 is 0 Å². The van der Waals surface area contributed by atoms with E-state index < -0.39 is 11.7 Å². The SMILES string of the molecule is N#Cc1[nH]nnc1-c1cc(Cl)cc(C=Cc2cccc(C(F)(F)F)c2)c1. The Morgan fingerprint density at radius 3 is 2.58 bits per heavy atom. The van der Waals surface area contributed by atoms with Crippen LogP contribution in [0.15, 0.2) is 42.5 Å². The van der Waals surface area contributed by atoms with Gasteiger partial charge in [-0.2, -0.15) is 18.4 Å². The first-order valence-electron chi connectivity index (χ1n) is 7.34. The Morgan fingerprint density at radius 2 is 1.85 bits per heavy atom. The lowest BCUT2D eigenvalue weighted by molar-refractivity contribution is -0.137. The molecule has 0 aliphatic carbocycles. The van der Waals surface area contributed by atoms with Crippen molar-refractivity contribution in [2.45, 2.75) is 6.18 Å². The number of H-pyrrole nitrogens is 1. The first-order chi connectivity index (χ1) is 12.4. The molecule has 2 aromatic carbocycles. The van der Waals surface area contributed by atoms with Crippen molar-refractivity contribution in [2.75, 3.05) is 0 Å². The lowest BCUT2D eigenvalue weighted by Gasteiger charge is -2.06. The number of aromatic nitrogens is 3. The topological polar surface area (TPSA) is 65.4 Å². The average Bonchev–Trinajstić information content (AvgIpc) is 3.08. The van der Waals surface area contributed by atoms with Crippen molar-refractivity contribution in [2.24, 2.45) is 0 Å². The maximum Gasteiger partial charge on any atom is 0.416 e. The van der Waals surface area contributed by atoms with Crippen LogP contribution in [-0.2, 0) is 6.18 Å². The van der Waals surface area contributed by atoms with Crippen LogP contribution < -0.4 is 0 Å². The van der Waals surface area contributed by atoms with Crippen molar-refractivity contribution >= 4 is 23.8 Å². The van der Waals surface area contributed by atoms with Crippen LogP contribution in [0.5, 0.6) is 0 Å². The Hall–Kier alpha value is -3.11. The number of hydrogen-bond acceptors (Lipinski definition) is 3. The second kappa shape index (κ2) is 7.02. The van der Waals surface area contributed by atoms with E-state index in [1.807, 2.05) is 6.07 Å². The summed E-state index contributed by atoms with van der Waals surface area (Å²) in [6, 6.07) is 11.9. The molecule has 0 amide bonds. The standard InChI is InChI=1S/C18H10ClF3N4/c19-15-8-12(6-13(9-15)17-16(10-23)24-26-25-17)5-4-11-2-1-3-14(7-11)18(20,21)22/h1-9H,(H,24,25,26). The number of nitrogens with zero attached hydrogens (tertiary/aromatic N) is 3. The van der Waals surface area contributed by atoms with E-state index >= 15 is 0 Å². The minimum absolute atomic E-state index is 0.195. The molecule has 1 heterocycles. The highest BCUT2D eigenvalue weighted by Crippen LogP contribution is 2.30. The summed E-state index contributed by atoms with van der Waals surface area (Å²) < 4.78 is 38.3. The van der Waals surface area contributed by atoms with Crippen LogP contribution >= 0.6 is 11.6 Å². The van der Waals surface area contributed by atoms with E-state index in [4.69, 9.17) is 16.9 Å². The van der Waals surface area contributed by atoms with Crippen molar-refractivity contribution < 1.29 is 13.2 Å². The van der Waals surface area contributed by atoms with Gasteiger partial charge >= 0.3 is 6.18 Å². The minimum atomic E-state index is -4.40. The van der Waals surface area contributed by atoms with Crippen molar-refractivity contribution in [1.82, 2.24) is 15.4 Å². The number of rotatable bonds is 3. The van der Waals surface area contributed by atoms with E-state index in [0.717, 1.165) is 12.1 Å². The number of aromatic amines is 1. The Morgan fingerprint density at radius 1 is 1.08 bits per heavy atom. The number of hydrogen-bond donors (Lipinski definition) is 1. The summed E-state index contributed by atoms with van der Waals surface area (Å²) in [5, 5.41) is 19.4. The third-order valence-corrected chi connectivity index (χ3v) is 3.75. The Labute approximate surface area is 151 Å². The van der Waals surface area contributed by atoms with E-state index in [-0.39, 0.29) is 5.69 Å². The first kappa shape index (κ1) is 17.7. The first-order valence-corrected chi connectivity index (χ1v) is 7.72. The maximum atomic E-state index is 12.8. The van der Waals surface area contributed by atoms with E-state index in [9.17, 15) is 13.2 Å². The van der Waals surface area contributed by atoms with Gasteiger partial charge in [0.05, 0.1) is 5.56 Å². The summed E-state index contributed by atoms with van der Waals surface area (Å²) in [6.07, 6.45) is -1.20. The fourth-order valence-electron chi connectivity index (χ4n) is 2.36. The van der Waals surface area contributed by atoms with Gasteiger partial charge in [-0.15, -0.1) is 5.10 Å². The molecule has 0 radical (unpaired) electrons. The highest BCUT2D eigenvalue weighted by atomic mass is 35.5. The zero-order valence-electron chi connectivity index (χ0n) is 13.0. The van der Waals surface area contributed by atoms with E-state index in [2.05, 4.69) is 15.4 Å². The highest BCUT2D eigenvalue weighted by molar-refractivity contribution is 6.31. The fourth-order valence-corrected chi connectivity index (χ4v) is 2.61. The van der Waals surface area contributed by atoms with Crippen LogP contribution in [0.25, 0.3) is 23.4 Å². The van der Waals surface area contributed by atoms with Crippen LogP contribution in [0.3, 0.4) is 0 Å². The van der Waals surface area contributed by atoms with Crippen molar-refractivity contribution in [1.29, 1.82) is 5.26 Å². The molecule has 0 atom stereocenters. The molecule has 0 aliphatic rings. The molecule has 0 aliphatic heterocycles. The fraction of sp³-hybridized carbons (Fsp3) is 0.0556. The zero-order valence-corrected chi connectivity index (χ0v) is 13.8. The highest BCUT2D eigenvalue weighted by Gasteiger charge is 2.30. The number of benzene rings is 2. The molecular weight excluding hydrogens is 365 g/mol. The molecule has 0 saturated heterocycles. The largest absolute Gasteiger partial charge is 0.416 e. The number of nitrogens with one attached hydrogen (secondary N) is 1. The molecule has 0 unspecified atom stereocenters. The van der Waals surface area contributed by atoms with Gasteiger partial charge in [-0.3, -0.25) is 0 Å². The van der Waals surface area contributed by atoms with Crippen LogP contribution in [0.2, 0.25) is 5.02 Å². The van der Waals surface area contributed by atoms with Gasteiger partial charge in [-0.1, -0.05) is 41.1 Å². The molecule has 4 nitrogen and oxygen atoms in total. The van der Waals surface area contributed by atoms with E-state index in [0.29, 0.717) is 27.4 Å². The molecular formula is C18H10ClF3N4.